The Morgan fingerprint density at radius 3 is 2.58 bits per heavy atom. The fraction of sp³-hybridized carbons (Fsp3) is 0.263. The van der Waals surface area contributed by atoms with Crippen molar-refractivity contribution in [2.75, 3.05) is 6.61 Å². The predicted octanol–water partition coefficient (Wildman–Crippen LogP) is 3.47. The molecule has 5 nitrogen and oxygen atoms in total. The largest absolute Gasteiger partial charge is 0.489 e. The molecule has 0 saturated carbocycles. The van der Waals surface area contributed by atoms with Gasteiger partial charge in [0.15, 0.2) is 0 Å². The average molecular weight is 328 g/mol. The first-order chi connectivity index (χ1) is 11.3. The van der Waals surface area contributed by atoms with Gasteiger partial charge in [0.05, 0.1) is 12.0 Å². The lowest BCUT2D eigenvalue weighted by molar-refractivity contribution is -0.136. The maximum atomic E-state index is 11.2. The van der Waals surface area contributed by atoms with E-state index in [1.165, 1.54) is 12.1 Å². The van der Waals surface area contributed by atoms with E-state index >= 15 is 0 Å². The molecule has 0 aliphatic heterocycles. The van der Waals surface area contributed by atoms with Crippen molar-refractivity contribution in [1.82, 2.24) is 0 Å². The van der Waals surface area contributed by atoms with Gasteiger partial charge in [0.1, 0.15) is 12.4 Å². The van der Waals surface area contributed by atoms with E-state index in [0.29, 0.717) is 12.4 Å². The number of carboxylic acids is 2. The van der Waals surface area contributed by atoms with E-state index in [2.05, 4.69) is 26.0 Å². The molecule has 0 aromatic heterocycles. The summed E-state index contributed by atoms with van der Waals surface area (Å²) in [4.78, 5) is 22.1. The lowest BCUT2D eigenvalue weighted by Gasteiger charge is -2.16. The molecule has 1 aliphatic rings. The standard InChI is InChI=1S/C19H20O5/c1-19(2)8-4-3-5-13(11-19)12-24-15-6-7-16(18(22)23)14(9-15)10-17(20)21/h3-9,11H,10,12H2,1-2H3,(H,20,21)(H,22,23). The normalized spacial score (nSPS) is 15.5. The zero-order valence-corrected chi connectivity index (χ0v) is 13.7. The van der Waals surface area contributed by atoms with Crippen LogP contribution in [0.15, 0.2) is 54.2 Å². The number of ether oxygens (including phenoxy) is 1. The highest BCUT2D eigenvalue weighted by Gasteiger charge is 2.15. The number of aliphatic carboxylic acids is 1. The first kappa shape index (κ1) is 17.5. The molecule has 1 aromatic rings. The summed E-state index contributed by atoms with van der Waals surface area (Å²) in [5.41, 5.74) is 1.11. The average Bonchev–Trinajstić information content (AvgIpc) is 2.64. The van der Waals surface area contributed by atoms with Gasteiger partial charge in [-0.15, -0.1) is 0 Å². The van der Waals surface area contributed by atoms with E-state index in [1.54, 1.807) is 6.07 Å². The van der Waals surface area contributed by atoms with Gasteiger partial charge in [-0.2, -0.15) is 0 Å². The van der Waals surface area contributed by atoms with Crippen LogP contribution in [0.5, 0.6) is 5.75 Å². The van der Waals surface area contributed by atoms with E-state index in [4.69, 9.17) is 14.9 Å². The van der Waals surface area contributed by atoms with Crippen LogP contribution in [0, 0.1) is 5.41 Å². The van der Waals surface area contributed by atoms with Crippen LogP contribution in [0.2, 0.25) is 0 Å². The van der Waals surface area contributed by atoms with Crippen molar-refractivity contribution < 1.29 is 24.5 Å². The highest BCUT2D eigenvalue weighted by Crippen LogP contribution is 2.25. The lowest BCUT2D eigenvalue weighted by Crippen LogP contribution is -2.09. The molecule has 0 heterocycles. The third-order valence-corrected chi connectivity index (χ3v) is 3.56. The third kappa shape index (κ3) is 4.84. The predicted molar refractivity (Wildman–Crippen MR) is 90.4 cm³/mol. The minimum atomic E-state index is -1.15. The molecule has 0 saturated heterocycles. The van der Waals surface area contributed by atoms with Gasteiger partial charge < -0.3 is 14.9 Å². The van der Waals surface area contributed by atoms with Crippen LogP contribution in [-0.4, -0.2) is 28.8 Å². The molecule has 0 spiro atoms. The third-order valence-electron chi connectivity index (χ3n) is 3.56. The van der Waals surface area contributed by atoms with Crippen LogP contribution in [0.25, 0.3) is 0 Å². The second-order valence-electron chi connectivity index (χ2n) is 6.24. The van der Waals surface area contributed by atoms with Crippen molar-refractivity contribution in [3.63, 3.8) is 0 Å². The summed E-state index contributed by atoms with van der Waals surface area (Å²) >= 11 is 0. The van der Waals surface area contributed by atoms with Gasteiger partial charge >= 0.3 is 11.9 Å². The van der Waals surface area contributed by atoms with Crippen LogP contribution in [0.3, 0.4) is 0 Å². The molecule has 0 bridgehead atoms. The minimum Gasteiger partial charge on any atom is -0.489 e. The first-order valence-corrected chi connectivity index (χ1v) is 7.55. The van der Waals surface area contributed by atoms with Crippen molar-refractivity contribution in [1.29, 1.82) is 0 Å². The molecule has 0 unspecified atom stereocenters. The zero-order chi connectivity index (χ0) is 17.7. The van der Waals surface area contributed by atoms with E-state index in [1.807, 2.05) is 18.2 Å². The first-order valence-electron chi connectivity index (χ1n) is 7.55. The fourth-order valence-corrected chi connectivity index (χ4v) is 2.49. The number of hydrogen-bond donors (Lipinski definition) is 2. The van der Waals surface area contributed by atoms with Gasteiger partial charge in [-0.25, -0.2) is 4.79 Å². The molecule has 5 heteroatoms. The number of carbonyl (C=O) groups is 2. The smallest absolute Gasteiger partial charge is 0.335 e. The Balaban J connectivity index is 2.17. The maximum absolute atomic E-state index is 11.2. The second-order valence-corrected chi connectivity index (χ2v) is 6.24. The summed E-state index contributed by atoms with van der Waals surface area (Å²) in [5.74, 6) is -1.79. The SMILES string of the molecule is CC1(C)C=CC=CC(COc2ccc(C(=O)O)c(CC(=O)O)c2)=C1. The van der Waals surface area contributed by atoms with E-state index in [0.717, 1.165) is 5.57 Å². The Hall–Kier alpha value is -2.82. The molecule has 24 heavy (non-hydrogen) atoms. The monoisotopic (exact) mass is 328 g/mol. The molecule has 126 valence electrons. The Bertz CT molecular complexity index is 738. The number of benzene rings is 1. The van der Waals surface area contributed by atoms with Crippen LogP contribution >= 0.6 is 0 Å². The fourth-order valence-electron chi connectivity index (χ4n) is 2.49. The summed E-state index contributed by atoms with van der Waals surface area (Å²) in [6.45, 7) is 4.49. The van der Waals surface area contributed by atoms with Crippen LogP contribution in [0.1, 0.15) is 29.8 Å². The van der Waals surface area contributed by atoms with Crippen molar-refractivity contribution in [2.24, 2.45) is 5.41 Å². The summed E-state index contributed by atoms with van der Waals surface area (Å²) in [6, 6.07) is 4.39. The Morgan fingerprint density at radius 1 is 1.17 bits per heavy atom. The van der Waals surface area contributed by atoms with Gasteiger partial charge in [-0.05, 0) is 29.3 Å². The molecular formula is C19H20O5. The van der Waals surface area contributed by atoms with Gasteiger partial charge in [0.2, 0.25) is 0 Å². The zero-order valence-electron chi connectivity index (χ0n) is 13.7. The number of aromatic carboxylic acids is 1. The Labute approximate surface area is 140 Å². The molecule has 0 amide bonds. The van der Waals surface area contributed by atoms with E-state index in [-0.39, 0.29) is 23.0 Å². The number of allylic oxidation sites excluding steroid dienone is 4. The molecule has 0 atom stereocenters. The molecule has 1 aromatic carbocycles. The number of carboxylic acid groups (broad SMARTS) is 2. The quantitative estimate of drug-likeness (QED) is 0.835. The molecule has 2 N–H and O–H groups in total. The van der Waals surface area contributed by atoms with Crippen molar-refractivity contribution in [3.8, 4) is 5.75 Å². The van der Waals surface area contributed by atoms with Crippen molar-refractivity contribution >= 4 is 11.9 Å². The second kappa shape index (κ2) is 7.17. The van der Waals surface area contributed by atoms with Gasteiger partial charge in [0, 0.05) is 5.41 Å². The van der Waals surface area contributed by atoms with E-state index < -0.39 is 11.9 Å². The highest BCUT2D eigenvalue weighted by molar-refractivity contribution is 5.91. The van der Waals surface area contributed by atoms with Crippen molar-refractivity contribution in [3.05, 3.63) is 65.3 Å². The molecule has 1 aliphatic carbocycles. The van der Waals surface area contributed by atoms with Crippen LogP contribution in [-0.2, 0) is 11.2 Å². The summed E-state index contributed by atoms with van der Waals surface area (Å²) < 4.78 is 5.72. The van der Waals surface area contributed by atoms with Gasteiger partial charge in [0.25, 0.3) is 0 Å². The number of rotatable bonds is 6. The highest BCUT2D eigenvalue weighted by atomic mass is 16.5. The molecule has 0 radical (unpaired) electrons. The molecular weight excluding hydrogens is 308 g/mol. The summed E-state index contributed by atoms with van der Waals surface area (Å²) in [6.07, 6.45) is 9.69. The summed E-state index contributed by atoms with van der Waals surface area (Å²) in [7, 11) is 0. The molecule has 0 fully saturated rings. The van der Waals surface area contributed by atoms with Gasteiger partial charge in [-0.1, -0.05) is 44.2 Å². The molecule has 2 rings (SSSR count). The number of hydrogen-bond acceptors (Lipinski definition) is 3. The lowest BCUT2D eigenvalue weighted by atomic mass is 9.91. The van der Waals surface area contributed by atoms with Crippen molar-refractivity contribution in [2.45, 2.75) is 20.3 Å². The topological polar surface area (TPSA) is 83.8 Å². The van der Waals surface area contributed by atoms with E-state index in [9.17, 15) is 9.59 Å². The maximum Gasteiger partial charge on any atom is 0.335 e. The van der Waals surface area contributed by atoms with Gasteiger partial charge in [-0.3, -0.25) is 4.79 Å². The summed E-state index contributed by atoms with van der Waals surface area (Å²) in [5, 5.41) is 18.1. The Kier molecular flexibility index (Phi) is 5.24. The van der Waals surface area contributed by atoms with Crippen LogP contribution in [0.4, 0.5) is 0 Å². The Morgan fingerprint density at radius 2 is 1.92 bits per heavy atom. The minimum absolute atomic E-state index is 0.0244. The van der Waals surface area contributed by atoms with Crippen LogP contribution < -0.4 is 4.74 Å².